The third kappa shape index (κ3) is 1.98. The minimum absolute atomic E-state index is 0.396. The second-order valence-corrected chi connectivity index (χ2v) is 3.08. The third-order valence-corrected chi connectivity index (χ3v) is 2.22. The highest BCUT2D eigenvalue weighted by molar-refractivity contribution is 4.89. The van der Waals surface area contributed by atoms with Crippen LogP contribution in [-0.4, -0.2) is 11.7 Å². The molecule has 1 aliphatic carbocycles. The average molecular weight is 127 g/mol. The fourth-order valence-electron chi connectivity index (χ4n) is 1.35. The van der Waals surface area contributed by atoms with Gasteiger partial charge in [-0.2, -0.15) is 0 Å². The van der Waals surface area contributed by atoms with Crippen molar-refractivity contribution in [2.75, 3.05) is 6.61 Å². The summed E-state index contributed by atoms with van der Waals surface area (Å²) in [5.74, 6) is 2.22. The fourth-order valence-corrected chi connectivity index (χ4v) is 1.35. The lowest BCUT2D eigenvalue weighted by Crippen LogP contribution is -2.13. The Morgan fingerprint density at radius 1 is 1.44 bits per heavy atom. The molecule has 1 fully saturated rings. The van der Waals surface area contributed by atoms with Crippen molar-refractivity contribution in [3.8, 4) is 0 Å². The van der Waals surface area contributed by atoms with E-state index >= 15 is 0 Å². The summed E-state index contributed by atoms with van der Waals surface area (Å²) in [7, 11) is 0. The number of hydrogen-bond acceptors (Lipinski definition) is 1. The largest absolute Gasteiger partial charge is 0.396 e. The van der Waals surface area contributed by atoms with Gasteiger partial charge >= 0.3 is 0 Å². The summed E-state index contributed by atoms with van der Waals surface area (Å²) in [6, 6.07) is 0. The van der Waals surface area contributed by atoms with E-state index in [4.69, 9.17) is 5.11 Å². The summed E-state index contributed by atoms with van der Waals surface area (Å²) in [5.41, 5.74) is 0. The van der Waals surface area contributed by atoms with Gasteiger partial charge in [-0.25, -0.2) is 0 Å². The molecule has 0 amide bonds. The average Bonchev–Trinajstić information content (AvgIpc) is 1.90. The van der Waals surface area contributed by atoms with Gasteiger partial charge in [-0.15, -0.1) is 0 Å². The smallest absolute Gasteiger partial charge is 0.0459 e. The van der Waals surface area contributed by atoms with Crippen molar-refractivity contribution in [2.45, 2.75) is 32.6 Å². The molecule has 0 aromatic heterocycles. The molecule has 0 spiro atoms. The lowest BCUT2D eigenvalue weighted by Gasteiger charge is -2.23. The molecule has 0 heterocycles. The Balaban J connectivity index is 2.18. The predicted octanol–water partition coefficient (Wildman–Crippen LogP) is 1.76. The summed E-state index contributed by atoms with van der Waals surface area (Å²) in [6.45, 7) is 2.61. The highest BCUT2D eigenvalue weighted by atomic mass is 16.3. The maximum atomic E-state index is 8.77. The first-order valence-electron chi connectivity index (χ1n) is 3.75. The first-order chi connectivity index (χ1) is 4.33. The van der Waals surface area contributed by atoms with E-state index in [0.29, 0.717) is 12.5 Å². The molecule has 1 saturated carbocycles. The molecule has 1 nitrogen and oxygen atoms in total. The summed E-state index contributed by atoms with van der Waals surface area (Å²) in [5, 5.41) is 8.77. The monoisotopic (exact) mass is 127 g/mol. The Bertz CT molecular complexity index is 72.6. The molecule has 1 N–H and O–H groups in total. The summed E-state index contributed by atoms with van der Waals surface area (Å²) in [4.78, 5) is 0. The minimum atomic E-state index is 0.396. The van der Waals surface area contributed by atoms with E-state index in [1.165, 1.54) is 25.7 Å². The zero-order valence-electron chi connectivity index (χ0n) is 6.06. The lowest BCUT2D eigenvalue weighted by molar-refractivity contribution is 0.196. The molecule has 1 rings (SSSR count). The molecule has 53 valence electrons. The van der Waals surface area contributed by atoms with Crippen LogP contribution >= 0.6 is 0 Å². The van der Waals surface area contributed by atoms with Crippen LogP contribution in [0.3, 0.4) is 0 Å². The first-order valence-corrected chi connectivity index (χ1v) is 3.75. The second kappa shape index (κ2) is 3.21. The van der Waals surface area contributed by atoms with Crippen molar-refractivity contribution >= 4 is 0 Å². The Morgan fingerprint density at radius 2 is 2.00 bits per heavy atom. The quantitative estimate of drug-likeness (QED) is 0.569. The van der Waals surface area contributed by atoms with Crippen molar-refractivity contribution < 1.29 is 5.11 Å². The minimum Gasteiger partial charge on any atom is -0.396 e. The molecule has 0 bridgehead atoms. The van der Waals surface area contributed by atoms with Crippen LogP contribution in [0.4, 0.5) is 0 Å². The van der Waals surface area contributed by atoms with Gasteiger partial charge in [-0.05, 0) is 37.5 Å². The van der Waals surface area contributed by atoms with Crippen molar-refractivity contribution in [3.63, 3.8) is 0 Å². The second-order valence-electron chi connectivity index (χ2n) is 3.08. The van der Waals surface area contributed by atoms with E-state index in [1.807, 2.05) is 0 Å². The normalized spacial score (nSPS) is 24.7. The summed E-state index contributed by atoms with van der Waals surface area (Å²) in [6.07, 6.45) is 4.90. The lowest BCUT2D eigenvalue weighted by atomic mass is 9.84. The van der Waals surface area contributed by atoms with Gasteiger partial charge in [0.25, 0.3) is 0 Å². The molecule has 9 heavy (non-hydrogen) atoms. The number of aliphatic hydroxyl groups is 1. The van der Waals surface area contributed by atoms with Crippen LogP contribution in [0.25, 0.3) is 0 Å². The van der Waals surface area contributed by atoms with Crippen LogP contribution in [-0.2, 0) is 0 Å². The Hall–Kier alpha value is -0.0400. The van der Waals surface area contributed by atoms with Gasteiger partial charge in [0.05, 0.1) is 0 Å². The molecule has 0 unspecified atom stereocenters. The summed E-state index contributed by atoms with van der Waals surface area (Å²) >= 11 is 0. The Kier molecular flexibility index (Phi) is 2.52. The molecule has 1 aliphatic rings. The number of rotatable bonds is 1. The fraction of sp³-hybridized carbons (Fsp3) is 0.875. The van der Waals surface area contributed by atoms with Crippen LogP contribution in [0.1, 0.15) is 32.6 Å². The standard InChI is InChI=1S/C8H15O/c1-7-2-4-8(6-9)5-3-7/h8-9H,2-6H2,1H3. The van der Waals surface area contributed by atoms with Gasteiger partial charge in [0, 0.05) is 6.61 Å². The van der Waals surface area contributed by atoms with E-state index < -0.39 is 0 Å². The first kappa shape index (κ1) is 7.07. The molecule has 1 radical (unpaired) electrons. The zero-order chi connectivity index (χ0) is 6.69. The molecule has 1 heteroatoms. The van der Waals surface area contributed by atoms with Crippen molar-refractivity contribution in [1.82, 2.24) is 0 Å². The molecule has 0 saturated heterocycles. The van der Waals surface area contributed by atoms with Gasteiger partial charge in [-0.3, -0.25) is 0 Å². The maximum absolute atomic E-state index is 8.77. The molecule has 0 aromatic rings. The van der Waals surface area contributed by atoms with Gasteiger partial charge in [0.15, 0.2) is 0 Å². The number of hydrogen-bond donors (Lipinski definition) is 1. The van der Waals surface area contributed by atoms with Crippen LogP contribution in [0.15, 0.2) is 0 Å². The van der Waals surface area contributed by atoms with Gasteiger partial charge in [0.1, 0.15) is 0 Å². The van der Waals surface area contributed by atoms with Crippen LogP contribution < -0.4 is 0 Å². The Labute approximate surface area is 57.1 Å². The molecule has 0 aliphatic heterocycles. The predicted molar refractivity (Wildman–Crippen MR) is 38.0 cm³/mol. The molecule has 0 atom stereocenters. The van der Waals surface area contributed by atoms with E-state index in [1.54, 1.807) is 5.92 Å². The van der Waals surface area contributed by atoms with E-state index in [9.17, 15) is 0 Å². The highest BCUT2D eigenvalue weighted by Gasteiger charge is 2.16. The zero-order valence-corrected chi connectivity index (χ0v) is 6.06. The van der Waals surface area contributed by atoms with Crippen LogP contribution in [0.5, 0.6) is 0 Å². The van der Waals surface area contributed by atoms with Crippen LogP contribution in [0.2, 0.25) is 0 Å². The molecular formula is C8H15O. The van der Waals surface area contributed by atoms with Crippen molar-refractivity contribution in [3.05, 3.63) is 5.92 Å². The van der Waals surface area contributed by atoms with Gasteiger partial charge in [0.2, 0.25) is 0 Å². The SMILES string of the molecule is C[C]1CCC(CO)CC1. The van der Waals surface area contributed by atoms with Gasteiger partial charge in [-0.1, -0.05) is 6.92 Å². The van der Waals surface area contributed by atoms with Gasteiger partial charge < -0.3 is 5.11 Å². The van der Waals surface area contributed by atoms with Crippen molar-refractivity contribution in [2.24, 2.45) is 5.92 Å². The maximum Gasteiger partial charge on any atom is 0.0459 e. The van der Waals surface area contributed by atoms with E-state index in [0.717, 1.165) is 0 Å². The van der Waals surface area contributed by atoms with E-state index in [2.05, 4.69) is 6.92 Å². The summed E-state index contributed by atoms with van der Waals surface area (Å²) < 4.78 is 0. The number of aliphatic hydroxyl groups excluding tert-OH is 1. The molecular weight excluding hydrogens is 112 g/mol. The molecule has 0 aromatic carbocycles. The Morgan fingerprint density at radius 3 is 2.44 bits per heavy atom. The topological polar surface area (TPSA) is 20.2 Å². The highest BCUT2D eigenvalue weighted by Crippen LogP contribution is 2.28. The van der Waals surface area contributed by atoms with Crippen LogP contribution in [0, 0.1) is 11.8 Å². The van der Waals surface area contributed by atoms with Crippen molar-refractivity contribution in [1.29, 1.82) is 0 Å². The third-order valence-electron chi connectivity index (χ3n) is 2.22. The van der Waals surface area contributed by atoms with E-state index in [-0.39, 0.29) is 0 Å².